The lowest BCUT2D eigenvalue weighted by atomic mass is 10.4. The van der Waals surface area contributed by atoms with Gasteiger partial charge in [0, 0.05) is 12.3 Å². The highest BCUT2D eigenvalue weighted by molar-refractivity contribution is 14.1. The van der Waals surface area contributed by atoms with Crippen LogP contribution in [0.3, 0.4) is 0 Å². The van der Waals surface area contributed by atoms with E-state index in [4.69, 9.17) is 11.6 Å². The molecule has 1 aromatic rings. The molecule has 0 amide bonds. The molecule has 0 radical (unpaired) electrons. The maximum atomic E-state index is 10.3. The largest absolute Gasteiger partial charge is 0.287 e. The number of halogens is 2. The van der Waals surface area contributed by atoms with Crippen LogP contribution in [-0.2, 0) is 0 Å². The Kier molecular flexibility index (Phi) is 2.61. The van der Waals surface area contributed by atoms with Gasteiger partial charge in [-0.05, 0) is 22.6 Å². The predicted octanol–water partition coefficient (Wildman–Crippen LogP) is 2.25. The first-order chi connectivity index (χ1) is 5.13. The summed E-state index contributed by atoms with van der Waals surface area (Å²) >= 11 is 7.32. The van der Waals surface area contributed by atoms with Crippen LogP contribution in [0.5, 0.6) is 0 Å². The van der Waals surface area contributed by atoms with Gasteiger partial charge in [0.15, 0.2) is 0 Å². The third-order valence-corrected chi connectivity index (χ3v) is 2.69. The fourth-order valence-corrected chi connectivity index (χ4v) is 1.22. The van der Waals surface area contributed by atoms with Crippen LogP contribution in [0.15, 0.2) is 12.3 Å². The molecule has 1 heterocycles. The van der Waals surface area contributed by atoms with Crippen LogP contribution in [0.2, 0.25) is 5.15 Å². The van der Waals surface area contributed by atoms with Crippen LogP contribution in [0.4, 0.5) is 5.69 Å². The molecule has 1 aromatic heterocycles. The summed E-state index contributed by atoms with van der Waals surface area (Å²) in [4.78, 5) is 13.5. The molecule has 11 heavy (non-hydrogen) atoms. The third kappa shape index (κ3) is 1.78. The number of hydrogen-bond donors (Lipinski definition) is 0. The quantitative estimate of drug-likeness (QED) is 0.344. The van der Waals surface area contributed by atoms with Crippen molar-refractivity contribution in [2.75, 3.05) is 0 Å². The molecule has 0 aliphatic rings. The molecule has 58 valence electrons. The predicted molar refractivity (Wildman–Crippen MR) is 48.6 cm³/mol. The summed E-state index contributed by atoms with van der Waals surface area (Å²) in [5.74, 6) is 0. The minimum absolute atomic E-state index is 0.00870. The van der Waals surface area contributed by atoms with E-state index >= 15 is 0 Å². The van der Waals surface area contributed by atoms with E-state index in [1.165, 1.54) is 12.3 Å². The summed E-state index contributed by atoms with van der Waals surface area (Å²) < 4.78 is 0.372. The first-order valence-corrected chi connectivity index (χ1v) is 4.03. The number of hydrogen-bond acceptors (Lipinski definition) is 3. The monoisotopic (exact) mass is 284 g/mol. The van der Waals surface area contributed by atoms with Crippen molar-refractivity contribution in [2.24, 2.45) is 0 Å². The van der Waals surface area contributed by atoms with Gasteiger partial charge in [0.1, 0.15) is 8.72 Å². The molecular formula is C5H2ClIN2O2. The van der Waals surface area contributed by atoms with Crippen LogP contribution < -0.4 is 0 Å². The van der Waals surface area contributed by atoms with E-state index in [0.29, 0.717) is 3.57 Å². The lowest BCUT2D eigenvalue weighted by molar-refractivity contribution is -0.385. The Morgan fingerprint density at radius 1 is 1.73 bits per heavy atom. The lowest BCUT2D eigenvalue weighted by Crippen LogP contribution is -1.92. The molecule has 0 N–H and O–H groups in total. The summed E-state index contributed by atoms with van der Waals surface area (Å²) in [6.45, 7) is 0. The maximum absolute atomic E-state index is 10.3. The molecule has 0 aromatic carbocycles. The number of nitro groups is 1. The van der Waals surface area contributed by atoms with E-state index in [-0.39, 0.29) is 10.8 Å². The van der Waals surface area contributed by atoms with Gasteiger partial charge in [-0.3, -0.25) is 10.1 Å². The van der Waals surface area contributed by atoms with E-state index in [2.05, 4.69) is 4.98 Å². The average molecular weight is 284 g/mol. The minimum Gasteiger partial charge on any atom is -0.258 e. The van der Waals surface area contributed by atoms with Gasteiger partial charge in [-0.15, -0.1) is 0 Å². The Hall–Kier alpha value is -0.430. The van der Waals surface area contributed by atoms with Gasteiger partial charge < -0.3 is 0 Å². The first kappa shape index (κ1) is 8.66. The first-order valence-electron chi connectivity index (χ1n) is 2.57. The number of aromatic nitrogens is 1. The normalized spacial score (nSPS) is 9.64. The van der Waals surface area contributed by atoms with Crippen molar-refractivity contribution in [3.05, 3.63) is 31.1 Å². The van der Waals surface area contributed by atoms with Crippen molar-refractivity contribution >= 4 is 39.9 Å². The molecule has 0 saturated heterocycles. The molecule has 0 saturated carbocycles. The van der Waals surface area contributed by atoms with Gasteiger partial charge in [-0.25, -0.2) is 4.98 Å². The molecule has 0 fully saturated rings. The summed E-state index contributed by atoms with van der Waals surface area (Å²) in [7, 11) is 0. The number of rotatable bonds is 1. The lowest BCUT2D eigenvalue weighted by Gasteiger charge is -1.94. The highest BCUT2D eigenvalue weighted by atomic mass is 127. The molecule has 0 aliphatic heterocycles. The summed E-state index contributed by atoms with van der Waals surface area (Å²) in [6, 6.07) is 1.31. The van der Waals surface area contributed by atoms with E-state index in [1.54, 1.807) is 22.6 Å². The SMILES string of the molecule is O=[N+]([O-])c1ccnc(Cl)c1I. The van der Waals surface area contributed by atoms with E-state index in [0.717, 1.165) is 0 Å². The van der Waals surface area contributed by atoms with Crippen molar-refractivity contribution in [1.29, 1.82) is 0 Å². The Labute approximate surface area is 80.9 Å². The van der Waals surface area contributed by atoms with Gasteiger partial charge >= 0.3 is 0 Å². The van der Waals surface area contributed by atoms with Crippen molar-refractivity contribution in [3.63, 3.8) is 0 Å². The molecule has 6 heteroatoms. The second-order valence-electron chi connectivity index (χ2n) is 1.69. The standard InChI is InChI=1S/C5H2ClIN2O2/c6-5-4(7)3(9(10)11)1-2-8-5/h1-2H. The highest BCUT2D eigenvalue weighted by Crippen LogP contribution is 2.24. The van der Waals surface area contributed by atoms with Crippen LogP contribution >= 0.6 is 34.2 Å². The second kappa shape index (κ2) is 3.31. The molecule has 1 rings (SSSR count). The number of nitrogens with zero attached hydrogens (tertiary/aromatic N) is 2. The molecule has 0 aliphatic carbocycles. The Morgan fingerprint density at radius 3 is 2.82 bits per heavy atom. The summed E-state index contributed by atoms with van der Waals surface area (Å²) in [5.41, 5.74) is -0.00870. The molecule has 0 spiro atoms. The van der Waals surface area contributed by atoms with E-state index < -0.39 is 4.92 Å². The maximum Gasteiger partial charge on any atom is 0.287 e. The zero-order chi connectivity index (χ0) is 8.43. The van der Waals surface area contributed by atoms with Crippen LogP contribution in [0.1, 0.15) is 0 Å². The van der Waals surface area contributed by atoms with Crippen LogP contribution in [0, 0.1) is 13.7 Å². The average Bonchev–Trinajstić information content (AvgIpc) is 1.94. The zero-order valence-corrected chi connectivity index (χ0v) is 8.03. The topological polar surface area (TPSA) is 56.0 Å². The van der Waals surface area contributed by atoms with Gasteiger partial charge in [0.2, 0.25) is 0 Å². The second-order valence-corrected chi connectivity index (χ2v) is 3.13. The third-order valence-electron chi connectivity index (χ3n) is 1.02. The van der Waals surface area contributed by atoms with Crippen molar-refractivity contribution in [1.82, 2.24) is 4.98 Å². The van der Waals surface area contributed by atoms with Gasteiger partial charge in [-0.1, -0.05) is 11.6 Å². The van der Waals surface area contributed by atoms with Crippen molar-refractivity contribution < 1.29 is 4.92 Å². The van der Waals surface area contributed by atoms with Gasteiger partial charge in [0.25, 0.3) is 5.69 Å². The molecule has 0 unspecified atom stereocenters. The fourth-order valence-electron chi connectivity index (χ4n) is 0.550. The molecule has 0 bridgehead atoms. The van der Waals surface area contributed by atoms with Gasteiger partial charge in [0.05, 0.1) is 4.92 Å². The molecular weight excluding hydrogens is 282 g/mol. The zero-order valence-electron chi connectivity index (χ0n) is 5.12. The summed E-state index contributed by atoms with van der Waals surface area (Å²) in [6.07, 6.45) is 1.31. The van der Waals surface area contributed by atoms with Crippen LogP contribution in [-0.4, -0.2) is 9.91 Å². The van der Waals surface area contributed by atoms with E-state index in [9.17, 15) is 10.1 Å². The van der Waals surface area contributed by atoms with Crippen molar-refractivity contribution in [3.8, 4) is 0 Å². The smallest absolute Gasteiger partial charge is 0.258 e. The van der Waals surface area contributed by atoms with Crippen LogP contribution in [0.25, 0.3) is 0 Å². The Balaban J connectivity index is 3.27. The van der Waals surface area contributed by atoms with E-state index in [1.807, 2.05) is 0 Å². The molecule has 0 atom stereocenters. The minimum atomic E-state index is -0.491. The fraction of sp³-hybridized carbons (Fsp3) is 0. The molecule has 4 nitrogen and oxygen atoms in total. The number of pyridine rings is 1. The summed E-state index contributed by atoms with van der Waals surface area (Å²) in [5, 5.41) is 10.5. The Bertz CT molecular complexity index is 305. The Morgan fingerprint density at radius 2 is 2.36 bits per heavy atom. The van der Waals surface area contributed by atoms with Crippen molar-refractivity contribution in [2.45, 2.75) is 0 Å². The highest BCUT2D eigenvalue weighted by Gasteiger charge is 2.13. The van der Waals surface area contributed by atoms with Gasteiger partial charge in [-0.2, -0.15) is 0 Å².